The Balaban J connectivity index is 1.62. The highest BCUT2D eigenvalue weighted by Crippen LogP contribution is 2.41. The zero-order valence-electron chi connectivity index (χ0n) is 19.2. The number of hydrogen-bond acceptors (Lipinski definition) is 5. The molecule has 2 aliphatic rings. The third-order valence-corrected chi connectivity index (χ3v) is 6.19. The maximum absolute atomic E-state index is 13.8. The summed E-state index contributed by atoms with van der Waals surface area (Å²) in [5, 5.41) is 9.37. The number of hydrogen-bond donors (Lipinski definition) is 1. The van der Waals surface area contributed by atoms with Crippen molar-refractivity contribution in [1.82, 2.24) is 4.90 Å². The first-order valence-electron chi connectivity index (χ1n) is 11.1. The molecule has 4 rings (SSSR count). The molecule has 174 valence electrons. The number of esters is 1. The summed E-state index contributed by atoms with van der Waals surface area (Å²) in [5.41, 5.74) is 0.628. The largest absolute Gasteiger partial charge is 0.465 e. The first-order chi connectivity index (χ1) is 15.6. The number of carbonyl (C=O) groups is 3. The van der Waals surface area contributed by atoms with E-state index in [-0.39, 0.29) is 5.91 Å². The highest BCUT2D eigenvalue weighted by atomic mass is 16.6. The summed E-state index contributed by atoms with van der Waals surface area (Å²) in [6.07, 6.45) is -0.130. The van der Waals surface area contributed by atoms with E-state index in [1.807, 2.05) is 51.1 Å². The van der Waals surface area contributed by atoms with E-state index in [0.29, 0.717) is 43.9 Å². The quantitative estimate of drug-likeness (QED) is 0.711. The van der Waals surface area contributed by atoms with Gasteiger partial charge in [0.15, 0.2) is 0 Å². The number of para-hydroxylation sites is 1. The summed E-state index contributed by atoms with van der Waals surface area (Å²) in [7, 11) is 0. The van der Waals surface area contributed by atoms with E-state index in [4.69, 9.17) is 4.74 Å². The number of carbonyl (C=O) groups excluding carboxylic acids is 2. The second-order valence-corrected chi connectivity index (χ2v) is 9.49. The first kappa shape index (κ1) is 22.6. The lowest BCUT2D eigenvalue weighted by molar-refractivity contribution is -0.123. The molecule has 1 N–H and O–H groups in total. The molecule has 2 aliphatic heterocycles. The van der Waals surface area contributed by atoms with Crippen molar-refractivity contribution in [2.24, 2.45) is 0 Å². The molecule has 1 spiro atoms. The van der Waals surface area contributed by atoms with Crippen LogP contribution in [0.1, 0.15) is 44.0 Å². The van der Waals surface area contributed by atoms with Gasteiger partial charge in [-0.2, -0.15) is 0 Å². The zero-order chi connectivity index (χ0) is 23.8. The summed E-state index contributed by atoms with van der Waals surface area (Å²) in [6.45, 7) is 6.40. The molecule has 8 heteroatoms. The molecule has 2 fully saturated rings. The summed E-state index contributed by atoms with van der Waals surface area (Å²) in [6, 6.07) is 16.6. The van der Waals surface area contributed by atoms with Crippen molar-refractivity contribution in [2.75, 3.05) is 29.6 Å². The number of rotatable bonds is 3. The third-order valence-electron chi connectivity index (χ3n) is 6.19. The molecule has 0 aromatic heterocycles. The summed E-state index contributed by atoms with van der Waals surface area (Å²) in [4.78, 5) is 42.7. The third kappa shape index (κ3) is 4.37. The SMILES string of the molecule is CC(C)(C)OC(=O)c1ccc(N2CN(c3ccccc3)C3(CCN(C(=O)O)CC3)C2=O)cc1. The summed E-state index contributed by atoms with van der Waals surface area (Å²) in [5.74, 6) is -0.466. The van der Waals surface area contributed by atoms with Gasteiger partial charge in [0.05, 0.1) is 12.2 Å². The number of likely N-dealkylation sites (tertiary alicyclic amines) is 1. The molecule has 0 bridgehead atoms. The van der Waals surface area contributed by atoms with E-state index in [1.165, 1.54) is 4.90 Å². The van der Waals surface area contributed by atoms with Crippen LogP contribution in [-0.4, -0.2) is 58.9 Å². The van der Waals surface area contributed by atoms with Gasteiger partial charge in [0.25, 0.3) is 5.91 Å². The second kappa shape index (κ2) is 8.42. The molecule has 8 nitrogen and oxygen atoms in total. The van der Waals surface area contributed by atoms with Gasteiger partial charge in [-0.05, 0) is 70.0 Å². The standard InChI is InChI=1S/C25H29N3O5/c1-24(2,3)33-21(29)18-9-11-19(12-10-18)27-17-28(20-7-5-4-6-8-20)25(22(27)30)13-15-26(16-14-25)23(31)32/h4-12H,13-17H2,1-3H3,(H,31,32). The topological polar surface area (TPSA) is 90.4 Å². The second-order valence-electron chi connectivity index (χ2n) is 9.49. The van der Waals surface area contributed by atoms with Crippen molar-refractivity contribution in [1.29, 1.82) is 0 Å². The molecule has 2 amide bonds. The van der Waals surface area contributed by atoms with E-state index in [1.54, 1.807) is 29.2 Å². The van der Waals surface area contributed by atoms with Crippen molar-refractivity contribution in [3.8, 4) is 0 Å². The number of nitrogens with zero attached hydrogens (tertiary/aromatic N) is 3. The van der Waals surface area contributed by atoms with Gasteiger partial charge >= 0.3 is 12.1 Å². The summed E-state index contributed by atoms with van der Waals surface area (Å²) >= 11 is 0. The van der Waals surface area contributed by atoms with Gasteiger partial charge in [0, 0.05) is 24.5 Å². The Morgan fingerprint density at radius 2 is 1.55 bits per heavy atom. The Kier molecular flexibility index (Phi) is 5.78. The molecule has 2 aromatic rings. The van der Waals surface area contributed by atoms with Crippen molar-refractivity contribution < 1.29 is 24.2 Å². The minimum Gasteiger partial charge on any atom is -0.465 e. The van der Waals surface area contributed by atoms with Gasteiger partial charge in [-0.3, -0.25) is 9.69 Å². The smallest absolute Gasteiger partial charge is 0.407 e. The van der Waals surface area contributed by atoms with Crippen LogP contribution in [-0.2, 0) is 9.53 Å². The molecule has 2 saturated heterocycles. The molecule has 0 aliphatic carbocycles. The molecule has 0 unspecified atom stereocenters. The molecule has 0 atom stereocenters. The number of amides is 2. The molecule has 2 aromatic carbocycles. The van der Waals surface area contributed by atoms with Crippen LogP contribution in [0, 0.1) is 0 Å². The molecule has 2 heterocycles. The number of piperidine rings is 1. The number of benzene rings is 2. The van der Waals surface area contributed by atoms with E-state index in [0.717, 1.165) is 5.69 Å². The minimum atomic E-state index is -0.962. The van der Waals surface area contributed by atoms with Crippen molar-refractivity contribution >= 4 is 29.3 Å². The normalized spacial score (nSPS) is 18.0. The fraction of sp³-hybridized carbons (Fsp3) is 0.400. The highest BCUT2D eigenvalue weighted by Gasteiger charge is 2.54. The minimum absolute atomic E-state index is 0.0543. The lowest BCUT2D eigenvalue weighted by atomic mass is 9.85. The Morgan fingerprint density at radius 3 is 2.09 bits per heavy atom. The maximum atomic E-state index is 13.8. The van der Waals surface area contributed by atoms with Crippen LogP contribution >= 0.6 is 0 Å². The maximum Gasteiger partial charge on any atom is 0.407 e. The van der Waals surface area contributed by atoms with Gasteiger partial charge in [0.2, 0.25) is 0 Å². The average Bonchev–Trinajstić information content (AvgIpc) is 3.05. The molecule has 0 radical (unpaired) electrons. The Bertz CT molecular complexity index is 1040. The van der Waals surface area contributed by atoms with Gasteiger partial charge < -0.3 is 19.6 Å². The van der Waals surface area contributed by atoms with Crippen molar-refractivity contribution in [2.45, 2.75) is 44.8 Å². The highest BCUT2D eigenvalue weighted by molar-refractivity contribution is 6.06. The molecule has 0 saturated carbocycles. The summed E-state index contributed by atoms with van der Waals surface area (Å²) < 4.78 is 5.42. The van der Waals surface area contributed by atoms with Gasteiger partial charge in [-0.25, -0.2) is 9.59 Å². The van der Waals surface area contributed by atoms with Crippen LogP contribution in [0.3, 0.4) is 0 Å². The van der Waals surface area contributed by atoms with Crippen LogP contribution in [0.25, 0.3) is 0 Å². The Hall–Kier alpha value is -3.55. The predicted octanol–water partition coefficient (Wildman–Crippen LogP) is 3.97. The predicted molar refractivity (Wildman–Crippen MR) is 124 cm³/mol. The van der Waals surface area contributed by atoms with E-state index >= 15 is 0 Å². The van der Waals surface area contributed by atoms with Gasteiger partial charge in [-0.1, -0.05) is 18.2 Å². The lowest BCUT2D eigenvalue weighted by Crippen LogP contribution is -2.57. The molecular formula is C25H29N3O5. The van der Waals surface area contributed by atoms with E-state index in [9.17, 15) is 19.5 Å². The van der Waals surface area contributed by atoms with Crippen molar-refractivity contribution in [3.05, 3.63) is 60.2 Å². The first-order valence-corrected chi connectivity index (χ1v) is 11.1. The molecular weight excluding hydrogens is 422 g/mol. The van der Waals surface area contributed by atoms with E-state index < -0.39 is 23.2 Å². The van der Waals surface area contributed by atoms with Crippen molar-refractivity contribution in [3.63, 3.8) is 0 Å². The van der Waals surface area contributed by atoms with Gasteiger partial charge in [0.1, 0.15) is 11.1 Å². The van der Waals surface area contributed by atoms with Gasteiger partial charge in [-0.15, -0.1) is 0 Å². The molecule has 33 heavy (non-hydrogen) atoms. The Labute approximate surface area is 193 Å². The number of anilines is 2. The van der Waals surface area contributed by atoms with E-state index in [2.05, 4.69) is 4.90 Å². The van der Waals surface area contributed by atoms with Crippen LogP contribution in [0.4, 0.5) is 16.2 Å². The fourth-order valence-corrected chi connectivity index (χ4v) is 4.51. The Morgan fingerprint density at radius 1 is 0.939 bits per heavy atom. The fourth-order valence-electron chi connectivity index (χ4n) is 4.51. The van der Waals surface area contributed by atoms with Crippen LogP contribution in [0.5, 0.6) is 0 Å². The van der Waals surface area contributed by atoms with Crippen LogP contribution in [0.15, 0.2) is 54.6 Å². The number of ether oxygens (including phenoxy) is 1. The lowest BCUT2D eigenvalue weighted by Gasteiger charge is -2.42. The monoisotopic (exact) mass is 451 g/mol. The number of carboxylic acid groups (broad SMARTS) is 1. The zero-order valence-corrected chi connectivity index (χ0v) is 19.2. The van der Waals surface area contributed by atoms with Crippen LogP contribution in [0.2, 0.25) is 0 Å². The average molecular weight is 452 g/mol. The van der Waals surface area contributed by atoms with Crippen LogP contribution < -0.4 is 9.80 Å².